The zero-order valence-electron chi connectivity index (χ0n) is 14.6. The summed E-state index contributed by atoms with van der Waals surface area (Å²) < 4.78 is 10.4. The largest absolute Gasteiger partial charge is 0.493 e. The fraction of sp³-hybridized carbons (Fsp3) is 0.556. The van der Waals surface area contributed by atoms with E-state index in [4.69, 9.17) is 9.47 Å². The van der Waals surface area contributed by atoms with E-state index >= 15 is 0 Å². The second-order valence-corrected chi connectivity index (χ2v) is 5.62. The SMILES string of the molecule is CCOC(=O)CCCNC(=NC)NCCc1ccc2c(c1)CCO2. The summed E-state index contributed by atoms with van der Waals surface area (Å²) in [7, 11) is 1.74. The Hall–Kier alpha value is -2.24. The van der Waals surface area contributed by atoms with E-state index < -0.39 is 0 Å². The van der Waals surface area contributed by atoms with Crippen molar-refractivity contribution in [2.75, 3.05) is 33.4 Å². The third-order valence-corrected chi connectivity index (χ3v) is 3.84. The van der Waals surface area contributed by atoms with Gasteiger partial charge in [0, 0.05) is 33.0 Å². The van der Waals surface area contributed by atoms with Gasteiger partial charge in [0.15, 0.2) is 5.96 Å². The highest BCUT2D eigenvalue weighted by atomic mass is 16.5. The van der Waals surface area contributed by atoms with E-state index in [-0.39, 0.29) is 5.97 Å². The van der Waals surface area contributed by atoms with Gasteiger partial charge in [0.2, 0.25) is 0 Å². The zero-order valence-corrected chi connectivity index (χ0v) is 14.6. The standard InChI is InChI=1S/C18H27N3O3/c1-3-23-17(22)5-4-10-20-18(19-2)21-11-8-14-6-7-16-15(13-14)9-12-24-16/h6-7,13H,3-5,8-12H2,1-2H3,(H2,19,20,21). The van der Waals surface area contributed by atoms with Gasteiger partial charge < -0.3 is 20.1 Å². The number of carbonyl (C=O) groups excluding carboxylic acids is 1. The van der Waals surface area contributed by atoms with Crippen molar-refractivity contribution in [2.45, 2.75) is 32.6 Å². The van der Waals surface area contributed by atoms with Crippen molar-refractivity contribution in [3.8, 4) is 5.75 Å². The molecule has 0 atom stereocenters. The Morgan fingerprint density at radius 3 is 2.96 bits per heavy atom. The van der Waals surface area contributed by atoms with Crippen molar-refractivity contribution in [3.63, 3.8) is 0 Å². The normalized spacial score (nSPS) is 13.2. The molecule has 1 aliphatic heterocycles. The summed E-state index contributed by atoms with van der Waals surface area (Å²) in [5, 5.41) is 6.50. The summed E-state index contributed by atoms with van der Waals surface area (Å²) in [6.45, 7) is 4.53. The van der Waals surface area contributed by atoms with Crippen LogP contribution < -0.4 is 15.4 Å². The zero-order chi connectivity index (χ0) is 17.2. The number of carbonyl (C=O) groups is 1. The van der Waals surface area contributed by atoms with E-state index in [9.17, 15) is 4.79 Å². The fourth-order valence-corrected chi connectivity index (χ4v) is 2.61. The van der Waals surface area contributed by atoms with Crippen LogP contribution in [0.3, 0.4) is 0 Å². The van der Waals surface area contributed by atoms with Gasteiger partial charge in [-0.05, 0) is 37.0 Å². The van der Waals surface area contributed by atoms with Crippen LogP contribution in [0.25, 0.3) is 0 Å². The number of hydrogen-bond acceptors (Lipinski definition) is 4. The third-order valence-electron chi connectivity index (χ3n) is 3.84. The van der Waals surface area contributed by atoms with E-state index in [0.717, 1.165) is 44.1 Å². The van der Waals surface area contributed by atoms with Crippen molar-refractivity contribution in [2.24, 2.45) is 4.99 Å². The molecule has 0 aliphatic carbocycles. The first-order valence-corrected chi connectivity index (χ1v) is 8.57. The molecule has 0 unspecified atom stereocenters. The van der Waals surface area contributed by atoms with E-state index in [2.05, 4.69) is 33.8 Å². The number of esters is 1. The lowest BCUT2D eigenvalue weighted by atomic mass is 10.1. The van der Waals surface area contributed by atoms with Crippen LogP contribution in [-0.2, 0) is 22.4 Å². The van der Waals surface area contributed by atoms with Gasteiger partial charge in [0.1, 0.15) is 5.75 Å². The lowest BCUT2D eigenvalue weighted by Crippen LogP contribution is -2.38. The Bertz CT molecular complexity index is 573. The quantitative estimate of drug-likeness (QED) is 0.328. The highest BCUT2D eigenvalue weighted by Crippen LogP contribution is 2.25. The van der Waals surface area contributed by atoms with Gasteiger partial charge in [-0.1, -0.05) is 12.1 Å². The van der Waals surface area contributed by atoms with Crippen LogP contribution in [0.4, 0.5) is 0 Å². The third kappa shape index (κ3) is 5.76. The number of rotatable bonds is 8. The van der Waals surface area contributed by atoms with E-state index in [1.165, 1.54) is 11.1 Å². The second kappa shape index (κ2) is 9.80. The minimum absolute atomic E-state index is 0.150. The predicted octanol–water partition coefficient (Wildman–Crippen LogP) is 1.67. The van der Waals surface area contributed by atoms with Gasteiger partial charge in [-0.25, -0.2) is 0 Å². The van der Waals surface area contributed by atoms with Gasteiger partial charge >= 0.3 is 5.97 Å². The molecule has 0 saturated carbocycles. The first-order valence-electron chi connectivity index (χ1n) is 8.57. The van der Waals surface area contributed by atoms with Crippen LogP contribution in [0, 0.1) is 0 Å². The monoisotopic (exact) mass is 333 g/mol. The second-order valence-electron chi connectivity index (χ2n) is 5.62. The molecule has 0 fully saturated rings. The molecule has 132 valence electrons. The summed E-state index contributed by atoms with van der Waals surface area (Å²) in [6.07, 6.45) is 3.08. The molecule has 2 N–H and O–H groups in total. The Kier molecular flexibility index (Phi) is 7.39. The lowest BCUT2D eigenvalue weighted by Gasteiger charge is -2.12. The van der Waals surface area contributed by atoms with Crippen LogP contribution in [0.5, 0.6) is 5.75 Å². The Morgan fingerprint density at radius 1 is 1.33 bits per heavy atom. The maximum atomic E-state index is 11.3. The van der Waals surface area contributed by atoms with E-state index in [1.807, 2.05) is 6.92 Å². The van der Waals surface area contributed by atoms with Gasteiger partial charge in [-0.3, -0.25) is 9.79 Å². The topological polar surface area (TPSA) is 72.0 Å². The molecule has 6 nitrogen and oxygen atoms in total. The number of nitrogens with zero attached hydrogens (tertiary/aromatic N) is 1. The van der Waals surface area contributed by atoms with Crippen molar-refractivity contribution in [3.05, 3.63) is 29.3 Å². The van der Waals surface area contributed by atoms with Crippen LogP contribution in [-0.4, -0.2) is 45.3 Å². The Morgan fingerprint density at radius 2 is 2.17 bits per heavy atom. The molecular formula is C18H27N3O3. The van der Waals surface area contributed by atoms with Crippen molar-refractivity contribution in [1.82, 2.24) is 10.6 Å². The smallest absolute Gasteiger partial charge is 0.305 e. The summed E-state index contributed by atoms with van der Waals surface area (Å²) in [4.78, 5) is 15.5. The Labute approximate surface area is 143 Å². The summed E-state index contributed by atoms with van der Waals surface area (Å²) in [5.41, 5.74) is 2.60. The van der Waals surface area contributed by atoms with Crippen LogP contribution in [0.1, 0.15) is 30.9 Å². The number of aliphatic imine (C=N–C) groups is 1. The van der Waals surface area contributed by atoms with Gasteiger partial charge in [-0.15, -0.1) is 0 Å². The molecule has 0 aromatic heterocycles. The van der Waals surface area contributed by atoms with Crippen molar-refractivity contribution >= 4 is 11.9 Å². The summed E-state index contributed by atoms with van der Waals surface area (Å²) >= 11 is 0. The first kappa shape index (κ1) is 18.1. The first-order chi connectivity index (χ1) is 11.7. The molecule has 24 heavy (non-hydrogen) atoms. The predicted molar refractivity (Wildman–Crippen MR) is 94.6 cm³/mol. The average molecular weight is 333 g/mol. The molecule has 0 bridgehead atoms. The highest BCUT2D eigenvalue weighted by molar-refractivity contribution is 5.79. The molecule has 0 radical (unpaired) electrons. The maximum Gasteiger partial charge on any atom is 0.305 e. The highest BCUT2D eigenvalue weighted by Gasteiger charge is 2.11. The lowest BCUT2D eigenvalue weighted by molar-refractivity contribution is -0.143. The average Bonchev–Trinajstić information content (AvgIpc) is 3.05. The summed E-state index contributed by atoms with van der Waals surface area (Å²) in [5.74, 6) is 1.62. The van der Waals surface area contributed by atoms with Gasteiger partial charge in [0.25, 0.3) is 0 Å². The number of hydrogen-bond donors (Lipinski definition) is 2. The molecule has 1 aromatic carbocycles. The molecule has 2 rings (SSSR count). The number of benzene rings is 1. The van der Waals surface area contributed by atoms with E-state index in [1.54, 1.807) is 7.05 Å². The molecular weight excluding hydrogens is 306 g/mol. The maximum absolute atomic E-state index is 11.3. The number of guanidine groups is 1. The van der Waals surface area contributed by atoms with E-state index in [0.29, 0.717) is 19.6 Å². The van der Waals surface area contributed by atoms with Crippen LogP contribution >= 0.6 is 0 Å². The number of fused-ring (bicyclic) bond motifs is 1. The summed E-state index contributed by atoms with van der Waals surface area (Å²) in [6, 6.07) is 6.39. The molecule has 1 aliphatic rings. The molecule has 0 amide bonds. The number of nitrogens with one attached hydrogen (secondary N) is 2. The van der Waals surface area contributed by atoms with Gasteiger partial charge in [0.05, 0.1) is 13.2 Å². The number of ether oxygens (including phenoxy) is 2. The molecule has 1 heterocycles. The van der Waals surface area contributed by atoms with Crippen LogP contribution in [0.2, 0.25) is 0 Å². The minimum Gasteiger partial charge on any atom is -0.493 e. The molecule has 1 aromatic rings. The molecule has 0 spiro atoms. The van der Waals surface area contributed by atoms with Crippen molar-refractivity contribution < 1.29 is 14.3 Å². The minimum atomic E-state index is -0.150. The van der Waals surface area contributed by atoms with Crippen LogP contribution in [0.15, 0.2) is 23.2 Å². The van der Waals surface area contributed by atoms with Crippen molar-refractivity contribution in [1.29, 1.82) is 0 Å². The Balaban J connectivity index is 1.64. The van der Waals surface area contributed by atoms with Gasteiger partial charge in [-0.2, -0.15) is 0 Å². The molecule has 0 saturated heterocycles. The fourth-order valence-electron chi connectivity index (χ4n) is 2.61. The molecule has 6 heteroatoms.